The van der Waals surface area contributed by atoms with Gasteiger partial charge in [-0.15, -0.1) is 0 Å². The lowest BCUT2D eigenvalue weighted by Crippen LogP contribution is -2.45. The third kappa shape index (κ3) is 2.37. The van der Waals surface area contributed by atoms with Crippen LogP contribution in [0.25, 0.3) is 10.9 Å². The number of ether oxygens (including phenoxy) is 2. The third-order valence-electron chi connectivity index (χ3n) is 4.14. The average Bonchev–Trinajstić information content (AvgIpc) is 3.16. The first-order valence-corrected chi connectivity index (χ1v) is 7.33. The van der Waals surface area contributed by atoms with E-state index in [0.29, 0.717) is 6.61 Å². The molecule has 2 N–H and O–H groups in total. The van der Waals surface area contributed by atoms with Crippen molar-refractivity contribution in [2.75, 3.05) is 13.2 Å². The largest absolute Gasteiger partial charge is 0.388 e. The maximum atomic E-state index is 12.2. The van der Waals surface area contributed by atoms with Crippen molar-refractivity contribution < 1.29 is 19.4 Å². The number of fused-ring (bicyclic) bond motifs is 2. The number of benzene rings is 1. The number of aromatic nitrogens is 2. The second-order valence-electron chi connectivity index (χ2n) is 5.72. The van der Waals surface area contributed by atoms with Gasteiger partial charge in [0.25, 0.3) is 0 Å². The lowest BCUT2D eigenvalue weighted by Gasteiger charge is -2.17. The molecule has 1 aromatic carbocycles. The Hall–Kier alpha value is -1.96. The molecule has 4 rings (SSSR count). The molecule has 0 aliphatic carbocycles. The van der Waals surface area contributed by atoms with Gasteiger partial charge >= 0.3 is 0 Å². The molecule has 4 atom stereocenters. The van der Waals surface area contributed by atoms with Gasteiger partial charge in [-0.1, -0.05) is 18.2 Å². The molecule has 22 heavy (non-hydrogen) atoms. The number of carbonyl (C=O) groups is 1. The average molecular weight is 303 g/mol. The van der Waals surface area contributed by atoms with E-state index < -0.39 is 6.10 Å². The summed E-state index contributed by atoms with van der Waals surface area (Å²) < 4.78 is 12.6. The Bertz CT molecular complexity index is 668. The number of rotatable bonds is 3. The molecule has 2 aliphatic rings. The first-order chi connectivity index (χ1) is 10.7. The number of nitrogens with zero attached hydrogens (tertiary/aromatic N) is 2. The van der Waals surface area contributed by atoms with Crippen LogP contribution in [-0.4, -0.2) is 58.4 Å². The molecule has 0 saturated carbocycles. The summed E-state index contributed by atoms with van der Waals surface area (Å²) in [6, 6.07) is 7.50. The highest BCUT2D eigenvalue weighted by Crippen LogP contribution is 2.26. The van der Waals surface area contributed by atoms with Crippen molar-refractivity contribution in [3.05, 3.63) is 30.5 Å². The number of amides is 1. The van der Waals surface area contributed by atoms with Crippen LogP contribution < -0.4 is 5.32 Å². The Kier molecular flexibility index (Phi) is 3.33. The lowest BCUT2D eigenvalue weighted by atomic mass is 10.1. The Morgan fingerprint density at radius 2 is 2.14 bits per heavy atom. The summed E-state index contributed by atoms with van der Waals surface area (Å²) in [4.78, 5) is 12.2. The summed E-state index contributed by atoms with van der Waals surface area (Å²) in [5, 5.41) is 18.0. The van der Waals surface area contributed by atoms with Crippen LogP contribution in [-0.2, 0) is 20.8 Å². The van der Waals surface area contributed by atoms with E-state index in [1.54, 1.807) is 4.68 Å². The molecule has 7 heteroatoms. The van der Waals surface area contributed by atoms with E-state index in [0.717, 1.165) is 10.9 Å². The van der Waals surface area contributed by atoms with Crippen LogP contribution in [0.5, 0.6) is 0 Å². The van der Waals surface area contributed by atoms with Gasteiger partial charge in [0, 0.05) is 11.6 Å². The van der Waals surface area contributed by atoms with Crippen LogP contribution in [0.1, 0.15) is 0 Å². The number of aliphatic hydroxyl groups is 1. The minimum Gasteiger partial charge on any atom is -0.388 e. The number of hydrogen-bond acceptors (Lipinski definition) is 5. The maximum Gasteiger partial charge on any atom is 0.242 e. The molecule has 2 fully saturated rings. The first kappa shape index (κ1) is 13.7. The van der Waals surface area contributed by atoms with Crippen molar-refractivity contribution in [2.24, 2.45) is 0 Å². The molecular formula is C15H17N3O4. The minimum atomic E-state index is -0.608. The standard InChI is InChI=1S/C15H17N3O4/c19-12-8-22-14-11(7-21-15(12)14)16-13(20)6-18-5-9-3-1-2-4-10(9)17-18/h1-5,11-12,14-15,19H,6-8H2,(H,16,20)/t11-,12-,14-,15-/m1/s1. The van der Waals surface area contributed by atoms with Crippen molar-refractivity contribution in [3.63, 3.8) is 0 Å². The molecule has 0 spiro atoms. The van der Waals surface area contributed by atoms with Gasteiger partial charge in [0.15, 0.2) is 0 Å². The van der Waals surface area contributed by atoms with Crippen LogP contribution in [0, 0.1) is 0 Å². The fraction of sp³-hybridized carbons (Fsp3) is 0.467. The number of aliphatic hydroxyl groups excluding tert-OH is 1. The molecule has 7 nitrogen and oxygen atoms in total. The Morgan fingerprint density at radius 3 is 3.00 bits per heavy atom. The molecule has 1 aromatic heterocycles. The molecule has 116 valence electrons. The zero-order valence-electron chi connectivity index (χ0n) is 11.9. The zero-order valence-corrected chi connectivity index (χ0v) is 11.9. The zero-order chi connectivity index (χ0) is 15.1. The van der Waals surface area contributed by atoms with Gasteiger partial charge in [0.2, 0.25) is 5.91 Å². The van der Waals surface area contributed by atoms with Crippen LogP contribution in [0.2, 0.25) is 0 Å². The van der Waals surface area contributed by atoms with E-state index in [-0.39, 0.29) is 37.3 Å². The Balaban J connectivity index is 1.40. The van der Waals surface area contributed by atoms with Gasteiger partial charge in [0.05, 0.1) is 24.8 Å². The fourth-order valence-electron chi connectivity index (χ4n) is 3.10. The van der Waals surface area contributed by atoms with Crippen LogP contribution in [0.3, 0.4) is 0 Å². The smallest absolute Gasteiger partial charge is 0.242 e. The molecule has 0 radical (unpaired) electrons. The van der Waals surface area contributed by atoms with E-state index in [4.69, 9.17) is 9.47 Å². The van der Waals surface area contributed by atoms with Crippen molar-refractivity contribution in [2.45, 2.75) is 30.9 Å². The van der Waals surface area contributed by atoms with Gasteiger partial charge in [-0.2, -0.15) is 5.10 Å². The minimum absolute atomic E-state index is 0.144. The molecule has 2 aliphatic heterocycles. The highest BCUT2D eigenvalue weighted by molar-refractivity contribution is 5.80. The highest BCUT2D eigenvalue weighted by atomic mass is 16.6. The van der Waals surface area contributed by atoms with Crippen molar-refractivity contribution in [1.82, 2.24) is 15.1 Å². The summed E-state index contributed by atoms with van der Waals surface area (Å²) in [6.45, 7) is 0.761. The van der Waals surface area contributed by atoms with E-state index in [1.807, 2.05) is 30.5 Å². The quantitative estimate of drug-likeness (QED) is 0.812. The van der Waals surface area contributed by atoms with E-state index in [2.05, 4.69) is 10.4 Å². The Labute approximate surface area is 126 Å². The predicted molar refractivity (Wildman–Crippen MR) is 77.2 cm³/mol. The molecule has 1 amide bonds. The van der Waals surface area contributed by atoms with E-state index in [1.165, 1.54) is 0 Å². The maximum absolute atomic E-state index is 12.2. The van der Waals surface area contributed by atoms with Crippen LogP contribution in [0.4, 0.5) is 0 Å². The number of hydrogen-bond donors (Lipinski definition) is 2. The van der Waals surface area contributed by atoms with Gasteiger partial charge in [0.1, 0.15) is 24.9 Å². The van der Waals surface area contributed by atoms with Gasteiger partial charge < -0.3 is 19.9 Å². The molecule has 0 bridgehead atoms. The van der Waals surface area contributed by atoms with E-state index in [9.17, 15) is 9.90 Å². The summed E-state index contributed by atoms with van der Waals surface area (Å²) >= 11 is 0. The fourth-order valence-corrected chi connectivity index (χ4v) is 3.10. The molecule has 2 aromatic rings. The SMILES string of the molecule is O=C(Cn1cc2ccccc2n1)N[C@@H]1CO[C@H]2[C@@H]1OC[C@H]2O. The van der Waals surface area contributed by atoms with Crippen LogP contribution in [0.15, 0.2) is 30.5 Å². The van der Waals surface area contributed by atoms with Gasteiger partial charge in [-0.3, -0.25) is 9.48 Å². The second-order valence-corrected chi connectivity index (χ2v) is 5.72. The number of carbonyl (C=O) groups excluding carboxylic acids is 1. The molecule has 0 unspecified atom stereocenters. The lowest BCUT2D eigenvalue weighted by molar-refractivity contribution is -0.123. The van der Waals surface area contributed by atoms with Gasteiger partial charge in [-0.05, 0) is 6.07 Å². The molecule has 2 saturated heterocycles. The summed E-state index contributed by atoms with van der Waals surface area (Å²) in [7, 11) is 0. The normalized spacial score (nSPS) is 30.6. The van der Waals surface area contributed by atoms with Crippen molar-refractivity contribution >= 4 is 16.8 Å². The van der Waals surface area contributed by atoms with Crippen molar-refractivity contribution in [3.8, 4) is 0 Å². The first-order valence-electron chi connectivity index (χ1n) is 7.33. The summed E-state index contributed by atoms with van der Waals surface area (Å²) in [5.74, 6) is -0.146. The number of nitrogens with one attached hydrogen (secondary N) is 1. The predicted octanol–water partition coefficient (Wildman–Crippen LogP) is -0.320. The Morgan fingerprint density at radius 1 is 1.32 bits per heavy atom. The molecule has 3 heterocycles. The molecular weight excluding hydrogens is 286 g/mol. The summed E-state index contributed by atoms with van der Waals surface area (Å²) in [6.07, 6.45) is 0.634. The van der Waals surface area contributed by atoms with Crippen LogP contribution >= 0.6 is 0 Å². The summed E-state index contributed by atoms with van der Waals surface area (Å²) in [5.41, 5.74) is 0.863. The second kappa shape index (κ2) is 5.35. The van der Waals surface area contributed by atoms with Gasteiger partial charge in [-0.25, -0.2) is 0 Å². The third-order valence-corrected chi connectivity index (χ3v) is 4.14. The highest BCUT2D eigenvalue weighted by Gasteiger charge is 2.47. The monoisotopic (exact) mass is 303 g/mol. The topological polar surface area (TPSA) is 85.6 Å². The van der Waals surface area contributed by atoms with E-state index >= 15 is 0 Å². The van der Waals surface area contributed by atoms with Crippen molar-refractivity contribution in [1.29, 1.82) is 0 Å².